The molecule has 0 saturated carbocycles. The minimum atomic E-state index is 0.422. The van der Waals surface area contributed by atoms with E-state index in [2.05, 4.69) is 15.7 Å². The molecule has 2 rings (SSSR count). The average molecular weight is 261 g/mol. The van der Waals surface area contributed by atoms with Crippen molar-refractivity contribution in [2.75, 3.05) is 25.1 Å². The fourth-order valence-corrected chi connectivity index (χ4v) is 2.81. The van der Waals surface area contributed by atoms with E-state index in [9.17, 15) is 0 Å². The van der Waals surface area contributed by atoms with Crippen molar-refractivity contribution in [3.05, 3.63) is 11.3 Å². The molecule has 4 nitrogen and oxygen atoms in total. The second-order valence-electron chi connectivity index (χ2n) is 4.05. The Kier molecular flexibility index (Phi) is 4.00. The third-order valence-electron chi connectivity index (χ3n) is 3.00. The molecule has 16 heavy (non-hydrogen) atoms. The summed E-state index contributed by atoms with van der Waals surface area (Å²) in [5.41, 5.74) is 6.29. The van der Waals surface area contributed by atoms with Crippen LogP contribution >= 0.6 is 23.5 Å². The van der Waals surface area contributed by atoms with Crippen molar-refractivity contribution in [1.29, 1.82) is 0 Å². The third kappa shape index (κ3) is 2.64. The summed E-state index contributed by atoms with van der Waals surface area (Å²) < 4.78 is 4.33. The van der Waals surface area contributed by atoms with Crippen LogP contribution in [0.2, 0.25) is 5.15 Å². The van der Waals surface area contributed by atoms with Gasteiger partial charge in [0.05, 0.1) is 11.7 Å². The molecule has 1 aliphatic heterocycles. The molecular formula is C10H17ClN4S. The summed E-state index contributed by atoms with van der Waals surface area (Å²) in [6, 6.07) is 0.437. The Morgan fingerprint density at radius 3 is 2.94 bits per heavy atom. The lowest BCUT2D eigenvalue weighted by molar-refractivity contribution is 0.405. The van der Waals surface area contributed by atoms with Gasteiger partial charge in [0.2, 0.25) is 0 Å². The van der Waals surface area contributed by atoms with Gasteiger partial charge in [-0.25, -0.2) is 0 Å². The van der Waals surface area contributed by atoms with Crippen molar-refractivity contribution in [2.24, 2.45) is 0 Å². The molecule has 6 heteroatoms. The van der Waals surface area contributed by atoms with Gasteiger partial charge in [0, 0.05) is 19.3 Å². The quantitative estimate of drug-likeness (QED) is 0.830. The van der Waals surface area contributed by atoms with E-state index in [1.54, 1.807) is 0 Å². The van der Waals surface area contributed by atoms with Crippen LogP contribution in [0.4, 0.5) is 5.69 Å². The molecule has 1 atom stereocenters. The molecule has 1 unspecified atom stereocenters. The molecule has 1 aromatic rings. The molecule has 1 fully saturated rings. The van der Waals surface area contributed by atoms with Crippen molar-refractivity contribution >= 4 is 29.2 Å². The molecule has 1 aromatic heterocycles. The first-order chi connectivity index (χ1) is 7.70. The Hall–Kier alpha value is -0.390. The highest BCUT2D eigenvalue weighted by Gasteiger charge is 2.19. The van der Waals surface area contributed by atoms with Crippen molar-refractivity contribution in [1.82, 2.24) is 14.1 Å². The summed E-state index contributed by atoms with van der Waals surface area (Å²) in [6.45, 7) is 2.26. The van der Waals surface area contributed by atoms with Crippen LogP contribution in [0.15, 0.2) is 6.20 Å². The van der Waals surface area contributed by atoms with Crippen LogP contribution in [-0.4, -0.2) is 33.4 Å². The van der Waals surface area contributed by atoms with Crippen molar-refractivity contribution in [3.63, 3.8) is 0 Å². The van der Waals surface area contributed by atoms with Crippen LogP contribution in [0, 0.1) is 0 Å². The highest BCUT2D eigenvalue weighted by atomic mass is 35.5. The van der Waals surface area contributed by atoms with E-state index in [1.807, 2.05) is 22.8 Å². The van der Waals surface area contributed by atoms with Crippen LogP contribution in [0.5, 0.6) is 0 Å². The van der Waals surface area contributed by atoms with Gasteiger partial charge in [-0.2, -0.15) is 5.10 Å². The van der Waals surface area contributed by atoms with Gasteiger partial charge in [-0.15, -0.1) is 0 Å². The standard InChI is InChI=1S/C10H17ClN4S/c1-16-14-5-2-3-8(4-6-14)15-7-9(12)10(11)13-15/h7-8H,2-6,12H2,1H3. The molecule has 0 aromatic carbocycles. The molecule has 2 heterocycles. The van der Waals surface area contributed by atoms with Gasteiger partial charge in [0.15, 0.2) is 5.15 Å². The van der Waals surface area contributed by atoms with Gasteiger partial charge in [0.25, 0.3) is 0 Å². The molecule has 1 saturated heterocycles. The summed E-state index contributed by atoms with van der Waals surface area (Å²) in [4.78, 5) is 0. The number of hydrogen-bond donors (Lipinski definition) is 1. The first kappa shape index (κ1) is 12.1. The summed E-state index contributed by atoms with van der Waals surface area (Å²) >= 11 is 7.69. The highest BCUT2D eigenvalue weighted by molar-refractivity contribution is 7.96. The number of nitrogens with two attached hydrogens (primary N) is 1. The van der Waals surface area contributed by atoms with E-state index in [-0.39, 0.29) is 0 Å². The number of anilines is 1. The number of aromatic nitrogens is 2. The number of nitrogen functional groups attached to an aromatic ring is 1. The summed E-state index contributed by atoms with van der Waals surface area (Å²) in [7, 11) is 0. The molecule has 90 valence electrons. The van der Waals surface area contributed by atoms with Crippen molar-refractivity contribution < 1.29 is 0 Å². The molecule has 0 bridgehead atoms. The van der Waals surface area contributed by atoms with Crippen LogP contribution in [-0.2, 0) is 0 Å². The van der Waals surface area contributed by atoms with E-state index in [4.69, 9.17) is 17.3 Å². The average Bonchev–Trinajstić information content (AvgIpc) is 2.53. The minimum Gasteiger partial charge on any atom is -0.395 e. The zero-order valence-corrected chi connectivity index (χ0v) is 11.0. The highest BCUT2D eigenvalue weighted by Crippen LogP contribution is 2.27. The molecular weight excluding hydrogens is 244 g/mol. The van der Waals surface area contributed by atoms with Crippen LogP contribution in [0.3, 0.4) is 0 Å². The predicted molar refractivity (Wildman–Crippen MR) is 69.6 cm³/mol. The molecule has 2 N–H and O–H groups in total. The first-order valence-electron chi connectivity index (χ1n) is 5.50. The van der Waals surface area contributed by atoms with Crippen LogP contribution in [0.25, 0.3) is 0 Å². The molecule has 0 radical (unpaired) electrons. The fraction of sp³-hybridized carbons (Fsp3) is 0.700. The van der Waals surface area contributed by atoms with E-state index in [0.29, 0.717) is 16.9 Å². The molecule has 0 amide bonds. The number of rotatable bonds is 2. The van der Waals surface area contributed by atoms with Crippen molar-refractivity contribution in [3.8, 4) is 0 Å². The zero-order chi connectivity index (χ0) is 11.5. The second-order valence-corrected chi connectivity index (χ2v) is 5.29. The van der Waals surface area contributed by atoms with Gasteiger partial charge in [-0.3, -0.25) is 8.99 Å². The summed E-state index contributed by atoms with van der Waals surface area (Å²) in [5, 5.41) is 4.68. The number of halogens is 1. The van der Waals surface area contributed by atoms with Crippen molar-refractivity contribution in [2.45, 2.75) is 25.3 Å². The van der Waals surface area contributed by atoms with Crippen LogP contribution < -0.4 is 5.73 Å². The smallest absolute Gasteiger partial charge is 0.173 e. The van der Waals surface area contributed by atoms with Gasteiger partial charge in [-0.1, -0.05) is 23.5 Å². The predicted octanol–water partition coefficient (Wildman–Crippen LogP) is 2.42. The van der Waals surface area contributed by atoms with Crippen LogP contribution in [0.1, 0.15) is 25.3 Å². The van der Waals surface area contributed by atoms with E-state index < -0.39 is 0 Å². The topological polar surface area (TPSA) is 47.1 Å². The fourth-order valence-electron chi connectivity index (χ4n) is 2.07. The second kappa shape index (κ2) is 5.29. The van der Waals surface area contributed by atoms with E-state index in [1.165, 1.54) is 6.42 Å². The molecule has 1 aliphatic rings. The van der Waals surface area contributed by atoms with Gasteiger partial charge < -0.3 is 5.73 Å². The monoisotopic (exact) mass is 260 g/mol. The Bertz CT molecular complexity index is 335. The number of nitrogens with zero attached hydrogens (tertiary/aromatic N) is 3. The zero-order valence-electron chi connectivity index (χ0n) is 9.40. The Morgan fingerprint density at radius 1 is 1.50 bits per heavy atom. The maximum atomic E-state index is 5.87. The van der Waals surface area contributed by atoms with E-state index in [0.717, 1.165) is 25.9 Å². The maximum Gasteiger partial charge on any atom is 0.173 e. The molecule has 0 spiro atoms. The summed E-state index contributed by atoms with van der Waals surface area (Å²) in [6.07, 6.45) is 7.43. The minimum absolute atomic E-state index is 0.422. The summed E-state index contributed by atoms with van der Waals surface area (Å²) in [5.74, 6) is 0. The molecule has 0 aliphatic carbocycles. The lowest BCUT2D eigenvalue weighted by Gasteiger charge is -2.16. The Balaban J connectivity index is 2.04. The van der Waals surface area contributed by atoms with Gasteiger partial charge >= 0.3 is 0 Å². The lowest BCUT2D eigenvalue weighted by atomic mass is 10.1. The largest absolute Gasteiger partial charge is 0.395 e. The third-order valence-corrected chi connectivity index (χ3v) is 4.18. The Labute approximate surface area is 105 Å². The lowest BCUT2D eigenvalue weighted by Crippen LogP contribution is -2.16. The normalized spacial score (nSPS) is 23.2. The Morgan fingerprint density at radius 2 is 2.31 bits per heavy atom. The van der Waals surface area contributed by atoms with E-state index >= 15 is 0 Å². The number of hydrogen-bond acceptors (Lipinski definition) is 4. The van der Waals surface area contributed by atoms with Gasteiger partial charge in [-0.05, 0) is 25.5 Å². The van der Waals surface area contributed by atoms with Gasteiger partial charge in [0.1, 0.15) is 0 Å². The first-order valence-corrected chi connectivity index (χ1v) is 7.06. The SMILES string of the molecule is CSN1CCCC(n2cc(N)c(Cl)n2)CC1. The maximum absolute atomic E-state index is 5.87.